The highest BCUT2D eigenvalue weighted by Gasteiger charge is 2.22. The molecule has 0 saturated carbocycles. The van der Waals surface area contributed by atoms with Crippen LogP contribution in [0.4, 0.5) is 8.78 Å². The summed E-state index contributed by atoms with van der Waals surface area (Å²) in [6.07, 6.45) is -0.382. The zero-order valence-corrected chi connectivity index (χ0v) is 10.2. The molecule has 0 radical (unpaired) electrons. The molecule has 3 rings (SSSR count). The minimum Gasteiger partial charge on any atom is -0.388 e. The van der Waals surface area contributed by atoms with Gasteiger partial charge in [0.15, 0.2) is 11.6 Å². The molecule has 2 aromatic carbocycles. The zero-order chi connectivity index (χ0) is 12.7. The summed E-state index contributed by atoms with van der Waals surface area (Å²) in [4.78, 5) is 1.55. The summed E-state index contributed by atoms with van der Waals surface area (Å²) >= 11 is 1.36. The third kappa shape index (κ3) is 1.91. The van der Waals surface area contributed by atoms with Crippen LogP contribution in [0.1, 0.15) is 17.2 Å². The molecule has 0 aliphatic carbocycles. The van der Waals surface area contributed by atoms with E-state index in [2.05, 4.69) is 0 Å². The molecule has 92 valence electrons. The molecule has 1 N–H and O–H groups in total. The SMILES string of the molecule is OC1Cc2ccccc2Sc2cc(F)c(F)cc21. The maximum Gasteiger partial charge on any atom is 0.159 e. The monoisotopic (exact) mass is 264 g/mol. The molecule has 0 amide bonds. The zero-order valence-electron chi connectivity index (χ0n) is 9.36. The van der Waals surface area contributed by atoms with Crippen LogP contribution in [-0.2, 0) is 6.42 Å². The third-order valence-electron chi connectivity index (χ3n) is 3.02. The first kappa shape index (κ1) is 11.7. The van der Waals surface area contributed by atoms with E-state index < -0.39 is 17.7 Å². The lowest BCUT2D eigenvalue weighted by Crippen LogP contribution is -2.03. The molecule has 1 heterocycles. The lowest BCUT2D eigenvalue weighted by molar-refractivity contribution is 0.174. The largest absolute Gasteiger partial charge is 0.388 e. The van der Waals surface area contributed by atoms with Gasteiger partial charge in [-0.05, 0) is 29.3 Å². The number of aliphatic hydroxyl groups excluding tert-OH is 1. The molecule has 1 aliphatic rings. The number of hydrogen-bond donors (Lipinski definition) is 1. The second-order valence-electron chi connectivity index (χ2n) is 4.23. The van der Waals surface area contributed by atoms with Crippen molar-refractivity contribution in [3.63, 3.8) is 0 Å². The van der Waals surface area contributed by atoms with Crippen molar-refractivity contribution in [3.05, 3.63) is 59.2 Å². The van der Waals surface area contributed by atoms with E-state index in [-0.39, 0.29) is 0 Å². The van der Waals surface area contributed by atoms with Crippen LogP contribution in [-0.4, -0.2) is 5.11 Å². The van der Waals surface area contributed by atoms with Crippen LogP contribution in [0.15, 0.2) is 46.2 Å². The van der Waals surface area contributed by atoms with Crippen LogP contribution in [0.2, 0.25) is 0 Å². The van der Waals surface area contributed by atoms with Crippen molar-refractivity contribution in [2.45, 2.75) is 22.3 Å². The Labute approximate surface area is 107 Å². The van der Waals surface area contributed by atoms with Gasteiger partial charge in [-0.2, -0.15) is 0 Å². The van der Waals surface area contributed by atoms with Crippen LogP contribution >= 0.6 is 11.8 Å². The molecule has 1 atom stereocenters. The van der Waals surface area contributed by atoms with Crippen molar-refractivity contribution in [2.24, 2.45) is 0 Å². The van der Waals surface area contributed by atoms with Gasteiger partial charge in [-0.1, -0.05) is 30.0 Å². The predicted octanol–water partition coefficient (Wildman–Crippen LogP) is 3.71. The molecule has 1 nitrogen and oxygen atoms in total. The first-order chi connectivity index (χ1) is 8.65. The molecule has 1 unspecified atom stereocenters. The van der Waals surface area contributed by atoms with Crippen LogP contribution in [0.3, 0.4) is 0 Å². The fourth-order valence-corrected chi connectivity index (χ4v) is 3.24. The average molecular weight is 264 g/mol. The highest BCUT2D eigenvalue weighted by molar-refractivity contribution is 7.99. The van der Waals surface area contributed by atoms with Gasteiger partial charge >= 0.3 is 0 Å². The van der Waals surface area contributed by atoms with Gasteiger partial charge in [-0.3, -0.25) is 0 Å². The van der Waals surface area contributed by atoms with Gasteiger partial charge in [0.25, 0.3) is 0 Å². The van der Waals surface area contributed by atoms with Crippen LogP contribution in [0, 0.1) is 11.6 Å². The molecular formula is C14H10F2OS. The summed E-state index contributed by atoms with van der Waals surface area (Å²) < 4.78 is 26.5. The van der Waals surface area contributed by atoms with E-state index in [1.54, 1.807) is 0 Å². The summed E-state index contributed by atoms with van der Waals surface area (Å²) in [5, 5.41) is 10.1. The van der Waals surface area contributed by atoms with E-state index in [0.717, 1.165) is 22.6 Å². The Balaban J connectivity index is 2.16. The molecule has 0 fully saturated rings. The molecule has 4 heteroatoms. The van der Waals surface area contributed by atoms with E-state index in [4.69, 9.17) is 0 Å². The summed E-state index contributed by atoms with van der Waals surface area (Å²) in [5.74, 6) is -1.80. The Morgan fingerprint density at radius 3 is 2.61 bits per heavy atom. The maximum absolute atomic E-state index is 13.3. The second-order valence-corrected chi connectivity index (χ2v) is 5.32. The quantitative estimate of drug-likeness (QED) is 0.782. The Morgan fingerprint density at radius 2 is 1.78 bits per heavy atom. The van der Waals surface area contributed by atoms with Crippen LogP contribution in [0.25, 0.3) is 0 Å². The third-order valence-corrected chi connectivity index (χ3v) is 4.21. The predicted molar refractivity (Wildman–Crippen MR) is 65.6 cm³/mol. The number of hydrogen-bond acceptors (Lipinski definition) is 2. The minimum atomic E-state index is -0.917. The topological polar surface area (TPSA) is 20.2 Å². The maximum atomic E-state index is 13.3. The van der Waals surface area contributed by atoms with E-state index >= 15 is 0 Å². The van der Waals surface area contributed by atoms with Gasteiger partial charge in [0.2, 0.25) is 0 Å². The summed E-state index contributed by atoms with van der Waals surface area (Å²) in [5.41, 5.74) is 1.45. The van der Waals surface area contributed by atoms with Crippen molar-refractivity contribution in [1.82, 2.24) is 0 Å². The first-order valence-corrected chi connectivity index (χ1v) is 6.39. The first-order valence-electron chi connectivity index (χ1n) is 5.58. The molecular weight excluding hydrogens is 254 g/mol. The van der Waals surface area contributed by atoms with Crippen molar-refractivity contribution in [1.29, 1.82) is 0 Å². The van der Waals surface area contributed by atoms with Gasteiger partial charge < -0.3 is 5.11 Å². The highest BCUT2D eigenvalue weighted by Crippen LogP contribution is 2.41. The molecule has 1 aliphatic heterocycles. The van der Waals surface area contributed by atoms with E-state index in [1.807, 2.05) is 24.3 Å². The number of aliphatic hydroxyl groups is 1. The smallest absolute Gasteiger partial charge is 0.159 e. The number of rotatable bonds is 0. The van der Waals surface area contributed by atoms with Gasteiger partial charge in [0, 0.05) is 16.2 Å². The average Bonchev–Trinajstić information content (AvgIpc) is 2.47. The van der Waals surface area contributed by atoms with E-state index in [1.165, 1.54) is 11.8 Å². The summed E-state index contributed by atoms with van der Waals surface area (Å²) in [6, 6.07) is 9.87. The van der Waals surface area contributed by atoms with Crippen LogP contribution < -0.4 is 0 Å². The Kier molecular flexibility index (Phi) is 2.84. The lowest BCUT2D eigenvalue weighted by Gasteiger charge is -2.11. The molecule has 0 spiro atoms. The second kappa shape index (κ2) is 4.37. The molecule has 18 heavy (non-hydrogen) atoms. The van der Waals surface area contributed by atoms with Crippen LogP contribution in [0.5, 0.6) is 0 Å². The van der Waals surface area contributed by atoms with Gasteiger partial charge in [-0.15, -0.1) is 0 Å². The molecule has 0 saturated heterocycles. The van der Waals surface area contributed by atoms with Crippen molar-refractivity contribution >= 4 is 11.8 Å². The number of benzene rings is 2. The number of fused-ring (bicyclic) bond motifs is 2. The minimum absolute atomic E-state index is 0.418. The molecule has 0 bridgehead atoms. The Bertz CT molecular complexity index is 613. The van der Waals surface area contributed by atoms with E-state index in [9.17, 15) is 13.9 Å². The normalized spacial score (nSPS) is 17.8. The summed E-state index contributed by atoms with van der Waals surface area (Å²) in [7, 11) is 0. The molecule has 2 aromatic rings. The lowest BCUT2D eigenvalue weighted by atomic mass is 10.0. The van der Waals surface area contributed by atoms with E-state index in [0.29, 0.717) is 16.9 Å². The Hall–Kier alpha value is -1.39. The highest BCUT2D eigenvalue weighted by atomic mass is 32.2. The Morgan fingerprint density at radius 1 is 1.06 bits per heavy atom. The summed E-state index contributed by atoms with van der Waals surface area (Å²) in [6.45, 7) is 0. The fraction of sp³-hybridized carbons (Fsp3) is 0.143. The van der Waals surface area contributed by atoms with Crippen molar-refractivity contribution < 1.29 is 13.9 Å². The standard InChI is InChI=1S/C14H10F2OS/c15-10-6-9-12(17)5-8-3-1-2-4-13(8)18-14(9)7-11(10)16/h1-4,6-7,12,17H,5H2. The van der Waals surface area contributed by atoms with Crippen molar-refractivity contribution in [3.8, 4) is 0 Å². The fourth-order valence-electron chi connectivity index (χ4n) is 2.10. The van der Waals surface area contributed by atoms with Crippen molar-refractivity contribution in [2.75, 3.05) is 0 Å². The van der Waals surface area contributed by atoms with Gasteiger partial charge in [0.05, 0.1) is 6.10 Å². The van der Waals surface area contributed by atoms with Gasteiger partial charge in [0.1, 0.15) is 0 Å². The number of halogens is 2. The molecule has 0 aromatic heterocycles. The van der Waals surface area contributed by atoms with Gasteiger partial charge in [-0.25, -0.2) is 8.78 Å².